The summed E-state index contributed by atoms with van der Waals surface area (Å²) in [4.78, 5) is 19.2. The van der Waals surface area contributed by atoms with E-state index in [-0.39, 0.29) is 5.28 Å². The number of hydrogen-bond donors (Lipinski definition) is 0. The van der Waals surface area contributed by atoms with Gasteiger partial charge in [-0.2, -0.15) is 15.0 Å². The van der Waals surface area contributed by atoms with E-state index >= 15 is 0 Å². The maximum Gasteiger partial charge on any atom is 0.241 e. The summed E-state index contributed by atoms with van der Waals surface area (Å²) in [6.07, 6.45) is 8.35. The maximum absolute atomic E-state index is 6.07. The fraction of sp³-hybridized carbons (Fsp3) is 0.571. The van der Waals surface area contributed by atoms with E-state index in [9.17, 15) is 0 Å². The molecule has 114 valence electrons. The topological polar surface area (TPSA) is 59.7 Å². The average molecular weight is 309 g/mol. The molecule has 0 aliphatic heterocycles. The van der Waals surface area contributed by atoms with Crippen molar-refractivity contribution in [2.45, 2.75) is 46.1 Å². The Balaban J connectivity index is 2.35. The molecule has 21 heavy (non-hydrogen) atoms. The van der Waals surface area contributed by atoms with Crippen molar-refractivity contribution in [3.05, 3.63) is 24.0 Å². The van der Waals surface area contributed by atoms with Gasteiger partial charge in [0, 0.05) is 25.0 Å². The molecule has 0 aliphatic rings. The van der Waals surface area contributed by atoms with Crippen LogP contribution in [0.1, 0.15) is 40.0 Å². The molecule has 2 aromatic rings. The summed E-state index contributed by atoms with van der Waals surface area (Å²) in [5, 5.41) is 0.202. The van der Waals surface area contributed by atoms with Crippen LogP contribution in [0.5, 0.6) is 0 Å². The summed E-state index contributed by atoms with van der Waals surface area (Å²) in [7, 11) is 0. The molecule has 0 radical (unpaired) electrons. The predicted octanol–water partition coefficient (Wildman–Crippen LogP) is 3.12. The summed E-state index contributed by atoms with van der Waals surface area (Å²) < 4.78 is 1.73. The van der Waals surface area contributed by atoms with Gasteiger partial charge in [0.15, 0.2) is 0 Å². The van der Waals surface area contributed by atoms with Crippen LogP contribution < -0.4 is 4.90 Å². The Labute approximate surface area is 130 Å². The summed E-state index contributed by atoms with van der Waals surface area (Å²) in [5.74, 6) is 1.12. The third-order valence-corrected chi connectivity index (χ3v) is 3.62. The molecule has 0 amide bonds. The van der Waals surface area contributed by atoms with E-state index in [0.717, 1.165) is 25.8 Å². The highest BCUT2D eigenvalue weighted by Gasteiger charge is 2.17. The summed E-state index contributed by atoms with van der Waals surface area (Å²) >= 11 is 6.07. The molecule has 6 nitrogen and oxygen atoms in total. The molecule has 2 heterocycles. The van der Waals surface area contributed by atoms with E-state index in [2.05, 4.69) is 45.6 Å². The van der Waals surface area contributed by atoms with E-state index in [1.165, 1.54) is 0 Å². The number of halogens is 1. The van der Waals surface area contributed by atoms with Crippen molar-refractivity contribution in [3.63, 3.8) is 0 Å². The van der Waals surface area contributed by atoms with Gasteiger partial charge in [0.1, 0.15) is 6.33 Å². The van der Waals surface area contributed by atoms with Crippen molar-refractivity contribution in [2.24, 2.45) is 0 Å². The van der Waals surface area contributed by atoms with Crippen molar-refractivity contribution in [2.75, 3.05) is 11.4 Å². The SMILES string of the molecule is CCCCN(c1nc(Cl)nc(-n2ccnc2)n1)C(C)CC. The zero-order chi connectivity index (χ0) is 15.2. The Kier molecular flexibility index (Phi) is 5.50. The fourth-order valence-electron chi connectivity index (χ4n) is 2.02. The summed E-state index contributed by atoms with van der Waals surface area (Å²) in [6.45, 7) is 7.41. The molecule has 2 rings (SSSR count). The lowest BCUT2D eigenvalue weighted by molar-refractivity contribution is 0.580. The fourth-order valence-corrected chi connectivity index (χ4v) is 2.17. The van der Waals surface area contributed by atoms with Crippen LogP contribution >= 0.6 is 11.6 Å². The molecule has 0 saturated heterocycles. The second kappa shape index (κ2) is 7.36. The van der Waals surface area contributed by atoms with Crippen LogP contribution in [0.15, 0.2) is 18.7 Å². The molecular formula is C14H21ClN6. The van der Waals surface area contributed by atoms with Crippen molar-refractivity contribution in [3.8, 4) is 5.95 Å². The van der Waals surface area contributed by atoms with Gasteiger partial charge in [0.2, 0.25) is 17.2 Å². The Hall–Kier alpha value is -1.69. The highest BCUT2D eigenvalue weighted by atomic mass is 35.5. The number of hydrogen-bond acceptors (Lipinski definition) is 5. The van der Waals surface area contributed by atoms with E-state index in [0.29, 0.717) is 17.9 Å². The van der Waals surface area contributed by atoms with Gasteiger partial charge in [-0.15, -0.1) is 0 Å². The van der Waals surface area contributed by atoms with Crippen LogP contribution in [0, 0.1) is 0 Å². The first-order valence-electron chi connectivity index (χ1n) is 7.32. The number of anilines is 1. The Bertz CT molecular complexity index is 557. The first kappa shape index (κ1) is 15.7. The zero-order valence-corrected chi connectivity index (χ0v) is 13.5. The molecule has 1 unspecified atom stereocenters. The molecule has 0 aliphatic carbocycles. The molecule has 0 fully saturated rings. The van der Waals surface area contributed by atoms with Gasteiger partial charge >= 0.3 is 0 Å². The van der Waals surface area contributed by atoms with Crippen LogP contribution in [0.2, 0.25) is 5.28 Å². The normalized spacial score (nSPS) is 12.4. The number of imidazole rings is 1. The molecule has 0 aromatic carbocycles. The van der Waals surface area contributed by atoms with Crippen LogP contribution in [0.3, 0.4) is 0 Å². The monoisotopic (exact) mass is 308 g/mol. The summed E-state index contributed by atoms with van der Waals surface area (Å²) in [6, 6.07) is 0.352. The number of rotatable bonds is 7. The van der Waals surface area contributed by atoms with Gasteiger partial charge in [-0.25, -0.2) is 4.98 Å². The van der Waals surface area contributed by atoms with E-state index in [1.54, 1.807) is 23.3 Å². The minimum absolute atomic E-state index is 0.202. The number of unbranched alkanes of at least 4 members (excludes halogenated alkanes) is 1. The molecule has 0 spiro atoms. The lowest BCUT2D eigenvalue weighted by atomic mass is 10.2. The lowest BCUT2D eigenvalue weighted by Crippen LogP contribution is -2.35. The van der Waals surface area contributed by atoms with Crippen LogP contribution in [-0.2, 0) is 0 Å². The maximum atomic E-state index is 6.07. The van der Waals surface area contributed by atoms with Gasteiger partial charge < -0.3 is 4.90 Å². The number of nitrogens with zero attached hydrogens (tertiary/aromatic N) is 6. The quantitative estimate of drug-likeness (QED) is 0.786. The van der Waals surface area contributed by atoms with Crippen molar-refractivity contribution in [1.82, 2.24) is 24.5 Å². The third-order valence-electron chi connectivity index (χ3n) is 3.45. The molecule has 0 N–H and O–H groups in total. The lowest BCUT2D eigenvalue weighted by Gasteiger charge is -2.28. The van der Waals surface area contributed by atoms with Crippen molar-refractivity contribution >= 4 is 17.5 Å². The minimum Gasteiger partial charge on any atom is -0.338 e. The average Bonchev–Trinajstić information content (AvgIpc) is 3.01. The van der Waals surface area contributed by atoms with Crippen LogP contribution in [0.25, 0.3) is 5.95 Å². The van der Waals surface area contributed by atoms with Crippen LogP contribution in [0.4, 0.5) is 5.95 Å². The largest absolute Gasteiger partial charge is 0.338 e. The van der Waals surface area contributed by atoms with E-state index < -0.39 is 0 Å². The molecule has 7 heteroatoms. The standard InChI is InChI=1S/C14H21ClN6/c1-4-6-8-21(11(3)5-2)14-18-12(15)17-13(19-14)20-9-7-16-10-20/h7,9-11H,4-6,8H2,1-3H3. The third kappa shape index (κ3) is 3.91. The Morgan fingerprint density at radius 3 is 2.71 bits per heavy atom. The Morgan fingerprint density at radius 2 is 2.10 bits per heavy atom. The number of aromatic nitrogens is 5. The zero-order valence-electron chi connectivity index (χ0n) is 12.7. The van der Waals surface area contributed by atoms with Crippen LogP contribution in [-0.4, -0.2) is 37.1 Å². The second-order valence-electron chi connectivity index (χ2n) is 4.98. The molecule has 1 atom stereocenters. The molecule has 0 saturated carbocycles. The first-order valence-corrected chi connectivity index (χ1v) is 7.70. The molecule has 0 bridgehead atoms. The Morgan fingerprint density at radius 1 is 1.29 bits per heavy atom. The second-order valence-corrected chi connectivity index (χ2v) is 5.32. The smallest absolute Gasteiger partial charge is 0.241 e. The first-order chi connectivity index (χ1) is 10.2. The molecule has 2 aromatic heterocycles. The highest BCUT2D eigenvalue weighted by molar-refractivity contribution is 6.28. The van der Waals surface area contributed by atoms with Gasteiger partial charge in [-0.3, -0.25) is 4.57 Å². The predicted molar refractivity (Wildman–Crippen MR) is 84.0 cm³/mol. The van der Waals surface area contributed by atoms with E-state index in [4.69, 9.17) is 11.6 Å². The summed E-state index contributed by atoms with van der Waals surface area (Å²) in [5.41, 5.74) is 0. The van der Waals surface area contributed by atoms with Gasteiger partial charge in [0.05, 0.1) is 0 Å². The van der Waals surface area contributed by atoms with Gasteiger partial charge in [0.25, 0.3) is 0 Å². The molecular weight excluding hydrogens is 288 g/mol. The van der Waals surface area contributed by atoms with E-state index in [1.807, 2.05) is 0 Å². The van der Waals surface area contributed by atoms with Gasteiger partial charge in [-0.1, -0.05) is 20.3 Å². The highest BCUT2D eigenvalue weighted by Crippen LogP contribution is 2.18. The minimum atomic E-state index is 0.202. The van der Waals surface area contributed by atoms with Crippen molar-refractivity contribution in [1.29, 1.82) is 0 Å². The van der Waals surface area contributed by atoms with Gasteiger partial charge in [-0.05, 0) is 31.4 Å². The van der Waals surface area contributed by atoms with Crippen molar-refractivity contribution < 1.29 is 0 Å².